The van der Waals surface area contributed by atoms with E-state index in [1.807, 2.05) is 12.1 Å². The first-order valence-corrected chi connectivity index (χ1v) is 9.62. The highest BCUT2D eigenvalue weighted by Gasteiger charge is 2.13. The van der Waals surface area contributed by atoms with Gasteiger partial charge in [0.1, 0.15) is 6.33 Å². The molecule has 0 aliphatic rings. The molecule has 0 saturated carbocycles. The third kappa shape index (κ3) is 4.85. The molecule has 0 radical (unpaired) electrons. The molecule has 0 atom stereocenters. The predicted octanol–water partition coefficient (Wildman–Crippen LogP) is 4.32. The Kier molecular flexibility index (Phi) is 6.09. The number of carbonyl (C=O) groups is 1. The Labute approximate surface area is 171 Å². The number of nitrogens with one attached hydrogen (secondary N) is 1. The zero-order valence-electron chi connectivity index (χ0n) is 13.5. The molecule has 3 rings (SSSR count). The average molecular weight is 469 g/mol. The molecule has 0 aliphatic carbocycles. The van der Waals surface area contributed by atoms with Crippen LogP contribution in [0.25, 0.3) is 5.69 Å². The first-order chi connectivity index (χ1) is 12.9. The fraction of sp³-hybridized carbons (Fsp3) is 0.0625. The number of thioether (sulfide) groups is 1. The van der Waals surface area contributed by atoms with Gasteiger partial charge in [0.25, 0.3) is 5.69 Å². The summed E-state index contributed by atoms with van der Waals surface area (Å²) in [6, 6.07) is 11.3. The van der Waals surface area contributed by atoms with Crippen LogP contribution in [0.15, 0.2) is 58.4 Å². The molecule has 0 bridgehead atoms. The molecule has 11 heteroatoms. The van der Waals surface area contributed by atoms with E-state index in [1.165, 1.54) is 30.0 Å². The highest BCUT2D eigenvalue weighted by atomic mass is 79.9. The van der Waals surface area contributed by atoms with Crippen molar-refractivity contribution in [2.24, 2.45) is 0 Å². The van der Waals surface area contributed by atoms with Gasteiger partial charge in [-0.3, -0.25) is 19.5 Å². The molecular formula is C16H11BrClN5O3S. The Morgan fingerprint density at radius 2 is 2.15 bits per heavy atom. The van der Waals surface area contributed by atoms with Crippen LogP contribution in [-0.4, -0.2) is 31.3 Å². The lowest BCUT2D eigenvalue weighted by atomic mass is 10.3. The SMILES string of the molecule is O=C(CSc1nncn1-c1cccc(Cl)c1)Nc1ccc([N+](=O)[O-])cc1Br. The number of anilines is 1. The van der Waals surface area contributed by atoms with E-state index >= 15 is 0 Å². The van der Waals surface area contributed by atoms with Gasteiger partial charge in [0, 0.05) is 21.6 Å². The maximum Gasteiger partial charge on any atom is 0.270 e. The van der Waals surface area contributed by atoms with Crippen LogP contribution in [0.5, 0.6) is 0 Å². The van der Waals surface area contributed by atoms with Gasteiger partial charge in [-0.15, -0.1) is 10.2 Å². The van der Waals surface area contributed by atoms with Gasteiger partial charge in [0.15, 0.2) is 5.16 Å². The summed E-state index contributed by atoms with van der Waals surface area (Å²) >= 11 is 10.4. The molecule has 27 heavy (non-hydrogen) atoms. The molecule has 0 fully saturated rings. The Balaban J connectivity index is 1.65. The largest absolute Gasteiger partial charge is 0.324 e. The summed E-state index contributed by atoms with van der Waals surface area (Å²) in [6.45, 7) is 0. The second kappa shape index (κ2) is 8.51. The predicted molar refractivity (Wildman–Crippen MR) is 107 cm³/mol. The fourth-order valence-corrected chi connectivity index (χ4v) is 3.54. The number of hydrogen-bond acceptors (Lipinski definition) is 6. The zero-order valence-corrected chi connectivity index (χ0v) is 16.7. The number of benzene rings is 2. The van der Waals surface area contributed by atoms with Gasteiger partial charge in [-0.2, -0.15) is 0 Å². The van der Waals surface area contributed by atoms with Crippen molar-refractivity contribution in [1.29, 1.82) is 0 Å². The fourth-order valence-electron chi connectivity index (χ4n) is 2.16. The zero-order chi connectivity index (χ0) is 19.4. The Bertz CT molecular complexity index is 1010. The summed E-state index contributed by atoms with van der Waals surface area (Å²) < 4.78 is 2.16. The smallest absolute Gasteiger partial charge is 0.270 e. The summed E-state index contributed by atoms with van der Waals surface area (Å²) in [7, 11) is 0. The van der Waals surface area contributed by atoms with Gasteiger partial charge in [-0.25, -0.2) is 0 Å². The highest BCUT2D eigenvalue weighted by molar-refractivity contribution is 9.10. The lowest BCUT2D eigenvalue weighted by Crippen LogP contribution is -2.15. The summed E-state index contributed by atoms with van der Waals surface area (Å²) in [5.74, 6) is -0.196. The standard InChI is InChI=1S/C16H11BrClN5O3S/c17-13-7-12(23(25)26)4-5-14(13)20-15(24)8-27-16-21-19-9-22(16)11-3-1-2-10(18)6-11/h1-7,9H,8H2,(H,20,24). The highest BCUT2D eigenvalue weighted by Crippen LogP contribution is 2.28. The first kappa shape index (κ1) is 19.3. The van der Waals surface area contributed by atoms with Crippen molar-refractivity contribution in [2.75, 3.05) is 11.1 Å². The number of carbonyl (C=O) groups excluding carboxylic acids is 1. The van der Waals surface area contributed by atoms with E-state index in [-0.39, 0.29) is 17.3 Å². The monoisotopic (exact) mass is 467 g/mol. The van der Waals surface area contributed by atoms with Crippen molar-refractivity contribution in [2.45, 2.75) is 5.16 Å². The number of non-ortho nitro benzene ring substituents is 1. The van der Waals surface area contributed by atoms with Crippen LogP contribution in [0.4, 0.5) is 11.4 Å². The molecule has 3 aromatic rings. The summed E-state index contributed by atoms with van der Waals surface area (Å²) in [4.78, 5) is 22.5. The van der Waals surface area contributed by atoms with Crippen LogP contribution >= 0.6 is 39.3 Å². The number of aromatic nitrogens is 3. The molecule has 2 aromatic carbocycles. The molecule has 1 amide bonds. The summed E-state index contributed by atoms with van der Waals surface area (Å²) in [5, 5.41) is 22.5. The molecule has 1 aromatic heterocycles. The topological polar surface area (TPSA) is 103 Å². The van der Waals surface area contributed by atoms with E-state index < -0.39 is 4.92 Å². The number of nitrogens with zero attached hydrogens (tertiary/aromatic N) is 4. The van der Waals surface area contributed by atoms with Crippen molar-refractivity contribution in [1.82, 2.24) is 14.8 Å². The number of nitro groups is 1. The number of halogens is 2. The minimum Gasteiger partial charge on any atom is -0.324 e. The number of rotatable bonds is 6. The molecule has 138 valence electrons. The van der Waals surface area contributed by atoms with E-state index in [4.69, 9.17) is 11.6 Å². The normalized spacial score (nSPS) is 10.6. The van der Waals surface area contributed by atoms with Crippen LogP contribution in [0, 0.1) is 10.1 Å². The maximum atomic E-state index is 12.2. The van der Waals surface area contributed by atoms with E-state index in [0.29, 0.717) is 20.3 Å². The van der Waals surface area contributed by atoms with Crippen LogP contribution in [0.1, 0.15) is 0 Å². The molecule has 0 aliphatic heterocycles. The second-order valence-electron chi connectivity index (χ2n) is 5.22. The third-order valence-corrected chi connectivity index (χ3v) is 5.21. The molecule has 0 unspecified atom stereocenters. The second-order valence-corrected chi connectivity index (χ2v) is 7.45. The van der Waals surface area contributed by atoms with Gasteiger partial charge in [-0.1, -0.05) is 29.4 Å². The van der Waals surface area contributed by atoms with Crippen LogP contribution in [0.2, 0.25) is 5.02 Å². The molecule has 0 spiro atoms. The minimum atomic E-state index is -0.505. The number of hydrogen-bond donors (Lipinski definition) is 1. The Morgan fingerprint density at radius 3 is 2.85 bits per heavy atom. The van der Waals surface area contributed by atoms with Crippen molar-refractivity contribution < 1.29 is 9.72 Å². The third-order valence-electron chi connectivity index (χ3n) is 3.37. The van der Waals surface area contributed by atoms with Gasteiger partial charge < -0.3 is 5.32 Å². The van der Waals surface area contributed by atoms with Crippen molar-refractivity contribution >= 4 is 56.6 Å². The van der Waals surface area contributed by atoms with E-state index in [9.17, 15) is 14.9 Å². The van der Waals surface area contributed by atoms with E-state index in [1.54, 1.807) is 23.0 Å². The number of nitro benzene ring substituents is 1. The van der Waals surface area contributed by atoms with Gasteiger partial charge >= 0.3 is 0 Å². The van der Waals surface area contributed by atoms with Crippen molar-refractivity contribution in [3.8, 4) is 5.69 Å². The Morgan fingerprint density at radius 1 is 1.33 bits per heavy atom. The lowest BCUT2D eigenvalue weighted by Gasteiger charge is -2.08. The molecule has 0 saturated heterocycles. The molecule has 1 N–H and O–H groups in total. The first-order valence-electron chi connectivity index (χ1n) is 7.46. The van der Waals surface area contributed by atoms with Crippen LogP contribution < -0.4 is 5.32 Å². The van der Waals surface area contributed by atoms with E-state index in [2.05, 4.69) is 31.4 Å². The molecule has 8 nitrogen and oxygen atoms in total. The van der Waals surface area contributed by atoms with Crippen molar-refractivity contribution in [3.05, 3.63) is 68.4 Å². The average Bonchev–Trinajstić information content (AvgIpc) is 3.10. The van der Waals surface area contributed by atoms with Crippen molar-refractivity contribution in [3.63, 3.8) is 0 Å². The minimum absolute atomic E-state index is 0.0659. The Hall–Kier alpha value is -2.43. The van der Waals surface area contributed by atoms with Gasteiger partial charge in [-0.05, 0) is 40.2 Å². The van der Waals surface area contributed by atoms with Gasteiger partial charge in [0.05, 0.1) is 22.1 Å². The van der Waals surface area contributed by atoms with Crippen LogP contribution in [-0.2, 0) is 4.79 Å². The molecular weight excluding hydrogens is 458 g/mol. The number of amides is 1. The molecule has 1 heterocycles. The van der Waals surface area contributed by atoms with E-state index in [0.717, 1.165) is 5.69 Å². The summed E-state index contributed by atoms with van der Waals surface area (Å²) in [6.07, 6.45) is 1.54. The lowest BCUT2D eigenvalue weighted by molar-refractivity contribution is -0.384. The quantitative estimate of drug-likeness (QED) is 0.328. The van der Waals surface area contributed by atoms with Crippen LogP contribution in [0.3, 0.4) is 0 Å². The summed E-state index contributed by atoms with van der Waals surface area (Å²) in [5.41, 5.74) is 1.17. The maximum absolute atomic E-state index is 12.2. The van der Waals surface area contributed by atoms with Gasteiger partial charge in [0.2, 0.25) is 5.91 Å².